The van der Waals surface area contributed by atoms with Gasteiger partial charge in [-0.3, -0.25) is 4.79 Å². The van der Waals surface area contributed by atoms with Gasteiger partial charge in [0.05, 0.1) is 19.3 Å². The van der Waals surface area contributed by atoms with E-state index < -0.39 is 0 Å². The number of likely N-dealkylation sites (N-methyl/N-ethyl adjacent to an activating group) is 1. The normalized spacial score (nSPS) is 23.4. The molecule has 2 heterocycles. The lowest BCUT2D eigenvalue weighted by Gasteiger charge is -2.38. The second kappa shape index (κ2) is 7.20. The summed E-state index contributed by atoms with van der Waals surface area (Å²) < 4.78 is 6.07. The lowest BCUT2D eigenvalue weighted by molar-refractivity contribution is -0.132. The molecule has 2 aliphatic rings. The van der Waals surface area contributed by atoms with E-state index in [4.69, 9.17) is 16.3 Å². The first-order valence-corrected chi connectivity index (χ1v) is 8.76. The highest BCUT2D eigenvalue weighted by Gasteiger charge is 2.42. The molecule has 1 N–H and O–H groups in total. The Hall–Kier alpha value is -1.10. The summed E-state index contributed by atoms with van der Waals surface area (Å²) in [6.45, 7) is 2.98. The average Bonchev–Trinajstić information content (AvgIpc) is 2.93. The number of likely N-dealkylation sites (tertiary alicyclic amines) is 1. The van der Waals surface area contributed by atoms with E-state index in [2.05, 4.69) is 17.4 Å². The van der Waals surface area contributed by atoms with E-state index in [1.807, 2.05) is 24.1 Å². The predicted molar refractivity (Wildman–Crippen MR) is 91.7 cm³/mol. The molecule has 0 aliphatic carbocycles. The van der Waals surface area contributed by atoms with Crippen LogP contribution in [0.1, 0.15) is 24.8 Å². The van der Waals surface area contributed by atoms with E-state index in [0.29, 0.717) is 6.54 Å². The Bertz CT molecular complexity index is 538. The molecule has 5 heteroatoms. The lowest BCUT2D eigenvalue weighted by Crippen LogP contribution is -2.46. The van der Waals surface area contributed by atoms with Crippen LogP contribution in [-0.2, 0) is 16.0 Å². The van der Waals surface area contributed by atoms with Gasteiger partial charge in [0.1, 0.15) is 0 Å². The number of nitrogens with zero attached hydrogens (tertiary/aromatic N) is 1. The number of carbonyl (C=O) groups excluding carboxylic acids is 1. The van der Waals surface area contributed by atoms with Gasteiger partial charge in [-0.15, -0.1) is 0 Å². The molecule has 0 radical (unpaired) electrons. The summed E-state index contributed by atoms with van der Waals surface area (Å²) in [7, 11) is 1.81. The van der Waals surface area contributed by atoms with Crippen LogP contribution in [0.15, 0.2) is 24.3 Å². The van der Waals surface area contributed by atoms with Gasteiger partial charge in [0.25, 0.3) is 0 Å². The van der Waals surface area contributed by atoms with Crippen molar-refractivity contribution in [2.75, 3.05) is 33.3 Å². The van der Waals surface area contributed by atoms with Crippen LogP contribution >= 0.6 is 11.6 Å². The molecular weight excluding hydrogens is 312 g/mol. The molecule has 0 aromatic heterocycles. The van der Waals surface area contributed by atoms with Gasteiger partial charge in [-0.05, 0) is 55.8 Å². The zero-order valence-electron chi connectivity index (χ0n) is 13.7. The van der Waals surface area contributed by atoms with Gasteiger partial charge >= 0.3 is 0 Å². The van der Waals surface area contributed by atoms with Gasteiger partial charge in [-0.2, -0.15) is 0 Å². The average molecular weight is 337 g/mol. The van der Waals surface area contributed by atoms with Gasteiger partial charge in [0.15, 0.2) is 0 Å². The van der Waals surface area contributed by atoms with Crippen LogP contribution < -0.4 is 5.32 Å². The summed E-state index contributed by atoms with van der Waals surface area (Å²) in [6.07, 6.45) is 4.44. The minimum absolute atomic E-state index is 0.207. The first-order valence-electron chi connectivity index (χ1n) is 8.39. The van der Waals surface area contributed by atoms with Crippen LogP contribution in [0.4, 0.5) is 0 Å². The molecule has 1 aromatic rings. The summed E-state index contributed by atoms with van der Waals surface area (Å²) in [5, 5.41) is 3.71. The Kier molecular flexibility index (Phi) is 5.24. The monoisotopic (exact) mass is 336 g/mol. The molecule has 3 rings (SSSR count). The zero-order chi connectivity index (χ0) is 16.3. The molecule has 23 heavy (non-hydrogen) atoms. The molecule has 4 nitrogen and oxygen atoms in total. The van der Waals surface area contributed by atoms with Crippen LogP contribution in [0.25, 0.3) is 0 Å². The fourth-order valence-electron chi connectivity index (χ4n) is 3.75. The highest BCUT2D eigenvalue weighted by Crippen LogP contribution is 2.42. The van der Waals surface area contributed by atoms with Crippen molar-refractivity contribution in [2.45, 2.75) is 31.8 Å². The molecular formula is C18H25ClN2O2. The number of benzene rings is 1. The molecule has 126 valence electrons. The smallest absolute Gasteiger partial charge is 0.236 e. The lowest BCUT2D eigenvalue weighted by atomic mass is 9.76. The van der Waals surface area contributed by atoms with E-state index in [9.17, 15) is 4.79 Å². The van der Waals surface area contributed by atoms with E-state index in [1.165, 1.54) is 5.56 Å². The van der Waals surface area contributed by atoms with Crippen LogP contribution in [0.3, 0.4) is 0 Å². The number of carbonyl (C=O) groups is 1. The number of amides is 1. The number of rotatable bonds is 4. The Morgan fingerprint density at radius 1 is 1.35 bits per heavy atom. The Balaban J connectivity index is 1.51. The van der Waals surface area contributed by atoms with Gasteiger partial charge in [-0.1, -0.05) is 23.7 Å². The Labute approximate surface area is 143 Å². The third-order valence-electron chi connectivity index (χ3n) is 5.17. The number of nitrogens with one attached hydrogen (secondary N) is 1. The van der Waals surface area contributed by atoms with Crippen molar-refractivity contribution >= 4 is 17.5 Å². The van der Waals surface area contributed by atoms with Crippen molar-refractivity contribution < 1.29 is 9.53 Å². The van der Waals surface area contributed by atoms with Crippen molar-refractivity contribution in [3.8, 4) is 0 Å². The number of piperidine rings is 1. The number of ether oxygens (including phenoxy) is 1. The SMILES string of the molecule is CNCC(=O)N1CCC2(CC1)CO[C@H](Cc1ccc(Cl)cc1)C2. The highest BCUT2D eigenvalue weighted by atomic mass is 35.5. The van der Waals surface area contributed by atoms with Gasteiger partial charge in [0, 0.05) is 18.1 Å². The van der Waals surface area contributed by atoms with Crippen molar-refractivity contribution in [3.05, 3.63) is 34.9 Å². The zero-order valence-corrected chi connectivity index (χ0v) is 14.4. The van der Waals surface area contributed by atoms with Crippen molar-refractivity contribution in [1.82, 2.24) is 10.2 Å². The molecule has 1 atom stereocenters. The van der Waals surface area contributed by atoms with E-state index in [1.54, 1.807) is 0 Å². The fourth-order valence-corrected chi connectivity index (χ4v) is 3.88. The third kappa shape index (κ3) is 4.06. The molecule has 0 saturated carbocycles. The van der Waals surface area contributed by atoms with Crippen molar-refractivity contribution in [1.29, 1.82) is 0 Å². The Morgan fingerprint density at radius 2 is 2.04 bits per heavy atom. The quantitative estimate of drug-likeness (QED) is 0.918. The van der Waals surface area contributed by atoms with E-state index in [-0.39, 0.29) is 17.4 Å². The second-order valence-corrected chi connectivity index (χ2v) is 7.32. The highest BCUT2D eigenvalue weighted by molar-refractivity contribution is 6.30. The van der Waals surface area contributed by atoms with E-state index >= 15 is 0 Å². The molecule has 1 aromatic carbocycles. The van der Waals surface area contributed by atoms with Gasteiger partial charge < -0.3 is 15.0 Å². The maximum atomic E-state index is 12.0. The number of hydrogen-bond acceptors (Lipinski definition) is 3. The van der Waals surface area contributed by atoms with Gasteiger partial charge in [-0.25, -0.2) is 0 Å². The van der Waals surface area contributed by atoms with Gasteiger partial charge in [0.2, 0.25) is 5.91 Å². The van der Waals surface area contributed by atoms with Crippen LogP contribution in [0.2, 0.25) is 5.02 Å². The molecule has 2 saturated heterocycles. The maximum Gasteiger partial charge on any atom is 0.236 e. The molecule has 0 bridgehead atoms. The molecule has 0 unspecified atom stereocenters. The molecule has 1 amide bonds. The summed E-state index contributed by atoms with van der Waals surface area (Å²) >= 11 is 5.94. The summed E-state index contributed by atoms with van der Waals surface area (Å²) in [6, 6.07) is 8.03. The summed E-state index contributed by atoms with van der Waals surface area (Å²) in [5.41, 5.74) is 1.55. The maximum absolute atomic E-state index is 12.0. The first-order chi connectivity index (χ1) is 11.1. The van der Waals surface area contributed by atoms with Crippen molar-refractivity contribution in [3.63, 3.8) is 0 Å². The first kappa shape index (κ1) is 16.7. The van der Waals surface area contributed by atoms with Crippen LogP contribution in [0.5, 0.6) is 0 Å². The van der Waals surface area contributed by atoms with Crippen LogP contribution in [-0.4, -0.2) is 50.2 Å². The Morgan fingerprint density at radius 3 is 2.70 bits per heavy atom. The minimum atomic E-state index is 0.207. The molecule has 1 spiro atoms. The number of hydrogen-bond donors (Lipinski definition) is 1. The minimum Gasteiger partial charge on any atom is -0.377 e. The topological polar surface area (TPSA) is 41.6 Å². The largest absolute Gasteiger partial charge is 0.377 e. The third-order valence-corrected chi connectivity index (χ3v) is 5.42. The molecule has 2 fully saturated rings. The summed E-state index contributed by atoms with van der Waals surface area (Å²) in [4.78, 5) is 13.9. The summed E-state index contributed by atoms with van der Waals surface area (Å²) in [5.74, 6) is 0.207. The van der Waals surface area contributed by atoms with Crippen LogP contribution in [0, 0.1) is 5.41 Å². The predicted octanol–water partition coefficient (Wildman–Crippen LogP) is 2.50. The van der Waals surface area contributed by atoms with E-state index in [0.717, 1.165) is 50.4 Å². The fraction of sp³-hybridized carbons (Fsp3) is 0.611. The standard InChI is InChI=1S/C18H25ClN2O2/c1-20-12-17(22)21-8-6-18(7-9-21)11-16(23-13-18)10-14-2-4-15(19)5-3-14/h2-5,16,20H,6-13H2,1H3/t16-/m1/s1. The molecule has 2 aliphatic heterocycles. The number of halogens is 1. The van der Waals surface area contributed by atoms with Crippen molar-refractivity contribution in [2.24, 2.45) is 5.41 Å². The second-order valence-electron chi connectivity index (χ2n) is 6.88.